The average Bonchev–Trinajstić information content (AvgIpc) is 3.10. The van der Waals surface area contributed by atoms with Gasteiger partial charge in [-0.05, 0) is 36.4 Å². The molecule has 0 bridgehead atoms. The molecule has 2 heterocycles. The molecule has 0 spiro atoms. The Kier molecular flexibility index (Phi) is 5.57. The van der Waals surface area contributed by atoms with E-state index in [1.165, 1.54) is 11.8 Å². The van der Waals surface area contributed by atoms with E-state index in [1.54, 1.807) is 31.6 Å². The second-order valence-electron chi connectivity index (χ2n) is 4.96. The molecule has 0 fully saturated rings. The minimum atomic E-state index is -0.177. The molecule has 2 aromatic heterocycles. The van der Waals surface area contributed by atoms with Crippen LogP contribution in [0.5, 0.6) is 5.75 Å². The number of nitrogens with one attached hydrogen (secondary N) is 1. The second kappa shape index (κ2) is 8.04. The molecule has 0 unspecified atom stereocenters. The predicted molar refractivity (Wildman–Crippen MR) is 98.7 cm³/mol. The van der Waals surface area contributed by atoms with Gasteiger partial charge in [-0.1, -0.05) is 23.4 Å². The Bertz CT molecular complexity index is 867. The van der Waals surface area contributed by atoms with Gasteiger partial charge >= 0.3 is 0 Å². The molecule has 0 aliphatic carbocycles. The van der Waals surface area contributed by atoms with E-state index >= 15 is 0 Å². The highest BCUT2D eigenvalue weighted by atomic mass is 35.5. The molecular weight excluding hydrogens is 360 g/mol. The summed E-state index contributed by atoms with van der Waals surface area (Å²) in [5.74, 6) is 0.813. The van der Waals surface area contributed by atoms with Gasteiger partial charge in [-0.3, -0.25) is 9.36 Å². The number of aromatic nitrogens is 3. The van der Waals surface area contributed by atoms with E-state index < -0.39 is 0 Å². The largest absolute Gasteiger partial charge is 0.497 e. The van der Waals surface area contributed by atoms with E-state index in [-0.39, 0.29) is 16.8 Å². The van der Waals surface area contributed by atoms with Gasteiger partial charge in [-0.2, -0.15) is 0 Å². The lowest BCUT2D eigenvalue weighted by atomic mass is 10.3. The molecular formula is C17H15ClN4O2S. The summed E-state index contributed by atoms with van der Waals surface area (Å²) in [6.45, 7) is 0. The summed E-state index contributed by atoms with van der Waals surface area (Å²) in [7, 11) is 1.63. The van der Waals surface area contributed by atoms with Crippen molar-refractivity contribution < 1.29 is 9.53 Å². The van der Waals surface area contributed by atoms with Crippen LogP contribution in [0, 0.1) is 0 Å². The lowest BCUT2D eigenvalue weighted by molar-refractivity contribution is -0.113. The summed E-state index contributed by atoms with van der Waals surface area (Å²) >= 11 is 7.28. The third-order valence-electron chi connectivity index (χ3n) is 3.32. The zero-order chi connectivity index (χ0) is 17.6. The Balaban J connectivity index is 1.65. The summed E-state index contributed by atoms with van der Waals surface area (Å²) in [5.41, 5.74) is 1.43. The van der Waals surface area contributed by atoms with Gasteiger partial charge in [0.15, 0.2) is 10.3 Å². The van der Waals surface area contributed by atoms with E-state index in [9.17, 15) is 4.79 Å². The number of amides is 1. The van der Waals surface area contributed by atoms with Crippen molar-refractivity contribution >= 4 is 35.0 Å². The van der Waals surface area contributed by atoms with Crippen molar-refractivity contribution in [2.24, 2.45) is 0 Å². The fraction of sp³-hybridized carbons (Fsp3) is 0.118. The van der Waals surface area contributed by atoms with E-state index in [4.69, 9.17) is 16.3 Å². The van der Waals surface area contributed by atoms with Crippen LogP contribution >= 0.6 is 23.4 Å². The van der Waals surface area contributed by atoms with Gasteiger partial charge in [-0.15, -0.1) is 0 Å². The maximum atomic E-state index is 12.1. The molecule has 1 aromatic carbocycles. The molecule has 6 nitrogen and oxygen atoms in total. The van der Waals surface area contributed by atoms with Crippen molar-refractivity contribution in [1.82, 2.24) is 14.5 Å². The Hall–Kier alpha value is -2.51. The topological polar surface area (TPSA) is 69.0 Å². The number of imidazole rings is 1. The van der Waals surface area contributed by atoms with E-state index in [1.807, 2.05) is 35.0 Å². The lowest BCUT2D eigenvalue weighted by Gasteiger charge is -2.09. The molecule has 3 aromatic rings. The number of anilines is 1. The number of methoxy groups -OCH3 is 1. The highest BCUT2D eigenvalue weighted by Gasteiger charge is 2.11. The number of hydrogen-bond donors (Lipinski definition) is 1. The first-order valence-corrected chi connectivity index (χ1v) is 8.74. The second-order valence-corrected chi connectivity index (χ2v) is 6.26. The van der Waals surface area contributed by atoms with Crippen LogP contribution in [-0.4, -0.2) is 33.3 Å². The van der Waals surface area contributed by atoms with E-state index in [0.29, 0.717) is 5.69 Å². The highest BCUT2D eigenvalue weighted by Crippen LogP contribution is 2.23. The molecule has 1 amide bonds. The standard InChI is InChI=1S/C17H15ClN4O2S/c1-24-13-6-4-12(5-7-13)22-10-9-20-17(22)25-11-15(23)21-14-3-2-8-19-16(14)18/h2-10H,11H2,1H3,(H,21,23). The van der Waals surface area contributed by atoms with Crippen LogP contribution in [-0.2, 0) is 4.79 Å². The molecule has 0 radical (unpaired) electrons. The van der Waals surface area contributed by atoms with Crippen LogP contribution in [0.1, 0.15) is 0 Å². The SMILES string of the molecule is COc1ccc(-n2ccnc2SCC(=O)Nc2cccnc2Cl)cc1. The zero-order valence-electron chi connectivity index (χ0n) is 13.3. The lowest BCUT2D eigenvalue weighted by Crippen LogP contribution is -2.15. The van der Waals surface area contributed by atoms with Crippen molar-refractivity contribution in [2.75, 3.05) is 18.2 Å². The van der Waals surface area contributed by atoms with Crippen LogP contribution in [0.25, 0.3) is 5.69 Å². The minimum absolute atomic E-state index is 0.177. The normalized spacial score (nSPS) is 10.5. The summed E-state index contributed by atoms with van der Waals surface area (Å²) in [6, 6.07) is 11.0. The molecule has 0 aliphatic heterocycles. The van der Waals surface area contributed by atoms with Crippen molar-refractivity contribution in [1.29, 1.82) is 0 Å². The summed E-state index contributed by atoms with van der Waals surface area (Å²) in [5, 5.41) is 3.72. The Morgan fingerprint density at radius 3 is 2.76 bits per heavy atom. The number of rotatable bonds is 6. The average molecular weight is 375 g/mol. The number of nitrogens with zero attached hydrogens (tertiary/aromatic N) is 3. The Labute approximate surface area is 154 Å². The predicted octanol–water partition coefficient (Wildman–Crippen LogP) is 3.66. The monoisotopic (exact) mass is 374 g/mol. The Morgan fingerprint density at radius 2 is 2.04 bits per heavy atom. The van der Waals surface area contributed by atoms with Crippen molar-refractivity contribution in [3.05, 3.63) is 60.1 Å². The van der Waals surface area contributed by atoms with Gasteiger partial charge in [0.05, 0.1) is 18.6 Å². The minimum Gasteiger partial charge on any atom is -0.497 e. The molecule has 3 rings (SSSR count). The van der Waals surface area contributed by atoms with Crippen LogP contribution in [0.15, 0.2) is 60.1 Å². The summed E-state index contributed by atoms with van der Waals surface area (Å²) in [4.78, 5) is 20.4. The van der Waals surface area contributed by atoms with Crippen molar-refractivity contribution in [3.63, 3.8) is 0 Å². The first-order valence-electron chi connectivity index (χ1n) is 7.38. The number of hydrogen-bond acceptors (Lipinski definition) is 5. The third-order valence-corrected chi connectivity index (χ3v) is 4.59. The maximum absolute atomic E-state index is 12.1. The first-order chi connectivity index (χ1) is 12.2. The fourth-order valence-electron chi connectivity index (χ4n) is 2.13. The van der Waals surface area contributed by atoms with Gasteiger partial charge in [0.2, 0.25) is 5.91 Å². The van der Waals surface area contributed by atoms with Gasteiger partial charge in [0, 0.05) is 24.3 Å². The molecule has 1 N–H and O–H groups in total. The van der Waals surface area contributed by atoms with Crippen molar-refractivity contribution in [2.45, 2.75) is 5.16 Å². The number of benzene rings is 1. The van der Waals surface area contributed by atoms with Crippen LogP contribution < -0.4 is 10.1 Å². The molecule has 0 saturated heterocycles. The Morgan fingerprint density at radius 1 is 1.24 bits per heavy atom. The number of thioether (sulfide) groups is 1. The van der Waals surface area contributed by atoms with E-state index in [2.05, 4.69) is 15.3 Å². The molecule has 0 saturated carbocycles. The van der Waals surface area contributed by atoms with Gasteiger partial charge < -0.3 is 10.1 Å². The van der Waals surface area contributed by atoms with Gasteiger partial charge in [0.25, 0.3) is 0 Å². The highest BCUT2D eigenvalue weighted by molar-refractivity contribution is 7.99. The first kappa shape index (κ1) is 17.3. The molecule has 8 heteroatoms. The summed E-state index contributed by atoms with van der Waals surface area (Å²) in [6.07, 6.45) is 5.11. The fourth-order valence-corrected chi connectivity index (χ4v) is 3.07. The number of halogens is 1. The molecule has 0 atom stereocenters. The van der Waals surface area contributed by atoms with Crippen LogP contribution in [0.2, 0.25) is 5.15 Å². The maximum Gasteiger partial charge on any atom is 0.234 e. The number of carbonyl (C=O) groups is 1. The third kappa shape index (κ3) is 4.32. The smallest absolute Gasteiger partial charge is 0.234 e. The quantitative estimate of drug-likeness (QED) is 0.526. The number of ether oxygens (including phenoxy) is 1. The van der Waals surface area contributed by atoms with Crippen molar-refractivity contribution in [3.8, 4) is 11.4 Å². The van der Waals surface area contributed by atoms with Gasteiger partial charge in [-0.25, -0.2) is 9.97 Å². The number of carbonyl (C=O) groups excluding carboxylic acids is 1. The van der Waals surface area contributed by atoms with Crippen LogP contribution in [0.3, 0.4) is 0 Å². The van der Waals surface area contributed by atoms with Gasteiger partial charge in [0.1, 0.15) is 5.75 Å². The van der Waals surface area contributed by atoms with Crippen LogP contribution in [0.4, 0.5) is 5.69 Å². The zero-order valence-corrected chi connectivity index (χ0v) is 14.9. The molecule has 0 aliphatic rings. The number of pyridine rings is 1. The summed E-state index contributed by atoms with van der Waals surface area (Å²) < 4.78 is 7.07. The molecule has 128 valence electrons. The molecule has 25 heavy (non-hydrogen) atoms. The van der Waals surface area contributed by atoms with E-state index in [0.717, 1.165) is 16.6 Å².